The third kappa shape index (κ3) is 5.60. The molecule has 0 spiro atoms. The second-order valence-corrected chi connectivity index (χ2v) is 11.9. The maximum atomic E-state index is 12.9. The van der Waals surface area contributed by atoms with Crippen molar-refractivity contribution in [2.45, 2.75) is 49.9 Å². The Morgan fingerprint density at radius 2 is 1.48 bits per heavy atom. The van der Waals surface area contributed by atoms with Crippen LogP contribution in [0.5, 0.6) is 11.5 Å². The first-order valence-corrected chi connectivity index (χ1v) is 15.4. The number of aliphatic hydroxyl groups excluding tert-OH is 3. The maximum Gasteiger partial charge on any atom is 0.280 e. The van der Waals surface area contributed by atoms with Crippen LogP contribution in [-0.4, -0.2) is 79.4 Å². The molecule has 250 valence electrons. The average molecular weight is 656 g/mol. The SMILES string of the molecule is COc1ccc(C(c2ccccc2)(c2ccc(OC)cc2)C(O)[C@H]2O[C@@H](n3cnc4c(=O)[nH]c(NC(=O)C(C)C)nc43)[C@H](O)[C@@H]2O)cc1. The molecule has 0 aliphatic carbocycles. The third-order valence-electron chi connectivity index (χ3n) is 8.82. The molecule has 1 aliphatic rings. The highest BCUT2D eigenvalue weighted by atomic mass is 16.6. The number of nitrogens with one attached hydrogen (secondary N) is 2. The number of nitrogens with zero attached hydrogens (tertiary/aromatic N) is 3. The van der Waals surface area contributed by atoms with Crippen LogP contribution in [-0.2, 0) is 14.9 Å². The van der Waals surface area contributed by atoms with E-state index in [1.807, 2.05) is 54.6 Å². The van der Waals surface area contributed by atoms with Gasteiger partial charge in [-0.15, -0.1) is 0 Å². The Hall–Kier alpha value is -5.08. The van der Waals surface area contributed by atoms with Crippen LogP contribution in [0.15, 0.2) is 90.0 Å². The van der Waals surface area contributed by atoms with Crippen molar-refractivity contribution in [2.24, 2.45) is 5.92 Å². The van der Waals surface area contributed by atoms with E-state index in [2.05, 4.69) is 20.3 Å². The van der Waals surface area contributed by atoms with Gasteiger partial charge in [0.15, 0.2) is 17.4 Å². The van der Waals surface area contributed by atoms with Crippen molar-refractivity contribution in [1.82, 2.24) is 19.5 Å². The lowest BCUT2D eigenvalue weighted by atomic mass is 9.64. The summed E-state index contributed by atoms with van der Waals surface area (Å²) in [6.45, 7) is 3.39. The Balaban J connectivity index is 1.48. The molecule has 48 heavy (non-hydrogen) atoms. The van der Waals surface area contributed by atoms with E-state index in [1.165, 1.54) is 10.9 Å². The molecule has 5 N–H and O–H groups in total. The number of hydrogen-bond acceptors (Lipinski definition) is 10. The predicted octanol–water partition coefficient (Wildman–Crippen LogP) is 2.75. The number of aromatic nitrogens is 4. The standard InChI is InChI=1S/C35H37N5O8/c1-19(2)31(44)38-34-37-30-25(32(45)39-34)36-18-40(30)33-27(42)26(41)28(48-33)29(43)35(20-8-6-5-7-9-20,21-10-14-23(46-3)15-11-21)22-12-16-24(47-4)17-13-22/h5-19,26-29,33,41-43H,1-4H3,(H2,37,38,39,44,45)/t26-,27+,28-,29?,33+/m0/s1. The first-order valence-electron chi connectivity index (χ1n) is 15.4. The van der Waals surface area contributed by atoms with Crippen LogP contribution in [0.4, 0.5) is 5.95 Å². The van der Waals surface area contributed by atoms with E-state index in [0.717, 1.165) is 0 Å². The zero-order valence-electron chi connectivity index (χ0n) is 26.8. The fourth-order valence-electron chi connectivity index (χ4n) is 6.28. The number of ether oxygens (including phenoxy) is 3. The fourth-order valence-corrected chi connectivity index (χ4v) is 6.28. The second kappa shape index (κ2) is 13.2. The van der Waals surface area contributed by atoms with Gasteiger partial charge in [0.1, 0.15) is 35.9 Å². The number of methoxy groups -OCH3 is 2. The van der Waals surface area contributed by atoms with E-state index in [0.29, 0.717) is 28.2 Å². The molecule has 13 nitrogen and oxygen atoms in total. The van der Waals surface area contributed by atoms with Gasteiger partial charge in [0.05, 0.1) is 26.0 Å². The molecular formula is C35H37N5O8. The van der Waals surface area contributed by atoms with E-state index < -0.39 is 41.6 Å². The quantitative estimate of drug-likeness (QED) is 0.140. The van der Waals surface area contributed by atoms with Gasteiger partial charge in [-0.3, -0.25) is 24.5 Å². The zero-order chi connectivity index (χ0) is 34.2. The summed E-state index contributed by atoms with van der Waals surface area (Å²) in [5.74, 6) is 0.356. The minimum atomic E-state index is -1.59. The van der Waals surface area contributed by atoms with Gasteiger partial charge >= 0.3 is 0 Å². The largest absolute Gasteiger partial charge is 0.497 e. The van der Waals surface area contributed by atoms with Crippen molar-refractivity contribution >= 4 is 23.0 Å². The highest BCUT2D eigenvalue weighted by Crippen LogP contribution is 2.47. The lowest BCUT2D eigenvalue weighted by molar-refractivity contribution is -0.118. The Bertz CT molecular complexity index is 1890. The van der Waals surface area contributed by atoms with E-state index in [-0.39, 0.29) is 28.9 Å². The smallest absolute Gasteiger partial charge is 0.280 e. The normalized spacial score (nSPS) is 20.2. The summed E-state index contributed by atoms with van der Waals surface area (Å²) < 4.78 is 18.5. The number of fused-ring (bicyclic) bond motifs is 1. The fraction of sp³-hybridized carbons (Fsp3) is 0.314. The molecule has 5 aromatic rings. The lowest BCUT2D eigenvalue weighted by Gasteiger charge is -2.42. The van der Waals surface area contributed by atoms with Crippen molar-refractivity contribution in [1.29, 1.82) is 0 Å². The molecule has 5 atom stereocenters. The van der Waals surface area contributed by atoms with Crippen molar-refractivity contribution in [3.8, 4) is 11.5 Å². The molecule has 1 saturated heterocycles. The number of H-pyrrole nitrogens is 1. The highest BCUT2D eigenvalue weighted by molar-refractivity contribution is 5.91. The maximum absolute atomic E-state index is 12.9. The first-order chi connectivity index (χ1) is 23.1. The van der Waals surface area contributed by atoms with Crippen molar-refractivity contribution in [3.63, 3.8) is 0 Å². The summed E-state index contributed by atoms with van der Waals surface area (Å²) in [6, 6.07) is 23.8. The van der Waals surface area contributed by atoms with Crippen LogP contribution in [0.3, 0.4) is 0 Å². The molecule has 1 amide bonds. The number of imidazole rings is 1. The van der Waals surface area contributed by atoms with Gasteiger partial charge in [0.25, 0.3) is 5.56 Å². The third-order valence-corrected chi connectivity index (χ3v) is 8.82. The average Bonchev–Trinajstić information content (AvgIpc) is 3.66. The molecule has 0 radical (unpaired) electrons. The zero-order valence-corrected chi connectivity index (χ0v) is 26.8. The summed E-state index contributed by atoms with van der Waals surface area (Å²) in [7, 11) is 3.12. The minimum Gasteiger partial charge on any atom is -0.497 e. The number of aliphatic hydroxyl groups is 3. The molecule has 3 heterocycles. The highest BCUT2D eigenvalue weighted by Gasteiger charge is 2.55. The Morgan fingerprint density at radius 1 is 0.917 bits per heavy atom. The van der Waals surface area contributed by atoms with Gasteiger partial charge in [-0.05, 0) is 41.0 Å². The lowest BCUT2D eigenvalue weighted by Crippen LogP contribution is -2.52. The first kappa shape index (κ1) is 32.8. The van der Waals surface area contributed by atoms with Gasteiger partial charge < -0.3 is 29.5 Å². The number of hydrogen-bond donors (Lipinski definition) is 5. The molecule has 0 bridgehead atoms. The summed E-state index contributed by atoms with van der Waals surface area (Å²) in [4.78, 5) is 36.2. The van der Waals surface area contributed by atoms with Crippen molar-refractivity contribution in [2.75, 3.05) is 19.5 Å². The van der Waals surface area contributed by atoms with Crippen LogP contribution >= 0.6 is 0 Å². The van der Waals surface area contributed by atoms with Crippen LogP contribution < -0.4 is 20.3 Å². The monoisotopic (exact) mass is 655 g/mol. The molecule has 3 aromatic carbocycles. The summed E-state index contributed by atoms with van der Waals surface area (Å²) >= 11 is 0. The summed E-state index contributed by atoms with van der Waals surface area (Å²) in [6.07, 6.45) is -6.08. The van der Waals surface area contributed by atoms with Crippen LogP contribution in [0, 0.1) is 5.92 Å². The molecule has 1 unspecified atom stereocenters. The molecule has 2 aromatic heterocycles. The molecule has 1 fully saturated rings. The van der Waals surface area contributed by atoms with Gasteiger partial charge in [-0.1, -0.05) is 68.4 Å². The van der Waals surface area contributed by atoms with E-state index in [1.54, 1.807) is 52.3 Å². The second-order valence-electron chi connectivity index (χ2n) is 11.9. The minimum absolute atomic E-state index is 0.00354. The van der Waals surface area contributed by atoms with E-state index >= 15 is 0 Å². The van der Waals surface area contributed by atoms with Gasteiger partial charge in [-0.2, -0.15) is 4.98 Å². The molecule has 6 rings (SSSR count). The topological polar surface area (TPSA) is 181 Å². The van der Waals surface area contributed by atoms with Crippen LogP contribution in [0.25, 0.3) is 11.2 Å². The van der Waals surface area contributed by atoms with Crippen molar-refractivity contribution in [3.05, 3.63) is 112 Å². The Morgan fingerprint density at radius 3 is 2.02 bits per heavy atom. The summed E-state index contributed by atoms with van der Waals surface area (Å²) in [5.41, 5.74) is -0.0232. The number of amides is 1. The number of benzene rings is 3. The number of carbonyl (C=O) groups is 1. The van der Waals surface area contributed by atoms with Crippen molar-refractivity contribution < 1.29 is 34.3 Å². The van der Waals surface area contributed by atoms with Gasteiger partial charge in [0.2, 0.25) is 11.9 Å². The Labute approximate surface area is 275 Å². The van der Waals surface area contributed by atoms with Crippen LogP contribution in [0.2, 0.25) is 0 Å². The molecular weight excluding hydrogens is 618 g/mol. The van der Waals surface area contributed by atoms with E-state index in [4.69, 9.17) is 14.2 Å². The molecule has 0 saturated carbocycles. The van der Waals surface area contributed by atoms with Gasteiger partial charge in [-0.25, -0.2) is 4.98 Å². The summed E-state index contributed by atoms with van der Waals surface area (Å²) in [5, 5.41) is 38.2. The number of anilines is 1. The number of aromatic amines is 1. The molecule has 13 heteroatoms. The number of carbonyl (C=O) groups excluding carboxylic acids is 1. The predicted molar refractivity (Wildman–Crippen MR) is 176 cm³/mol. The molecule has 1 aliphatic heterocycles. The van der Waals surface area contributed by atoms with E-state index in [9.17, 15) is 24.9 Å². The number of rotatable bonds is 10. The van der Waals surface area contributed by atoms with Gasteiger partial charge in [0, 0.05) is 5.92 Å². The Kier molecular flexibility index (Phi) is 9.03. The van der Waals surface area contributed by atoms with Crippen LogP contribution in [0.1, 0.15) is 36.8 Å².